The molecule has 0 saturated heterocycles. The third kappa shape index (κ3) is 2.62. The summed E-state index contributed by atoms with van der Waals surface area (Å²) in [5.41, 5.74) is 2.19. The Morgan fingerprint density at radius 3 is 2.75 bits per heavy atom. The molecule has 0 unspecified atom stereocenters. The van der Waals surface area contributed by atoms with Crippen LogP contribution in [-0.2, 0) is 6.54 Å². The Morgan fingerprint density at radius 1 is 1.20 bits per heavy atom. The van der Waals surface area contributed by atoms with Crippen LogP contribution >= 0.6 is 22.9 Å². The normalized spacial score (nSPS) is 10.9. The van der Waals surface area contributed by atoms with Crippen LogP contribution in [-0.4, -0.2) is 9.97 Å². The number of fused-ring (bicyclic) bond motifs is 1. The van der Waals surface area contributed by atoms with E-state index in [1.165, 1.54) is 15.3 Å². The van der Waals surface area contributed by atoms with Crippen molar-refractivity contribution in [3.8, 4) is 0 Å². The van der Waals surface area contributed by atoms with E-state index in [1.807, 2.05) is 24.3 Å². The molecule has 0 saturated carbocycles. The lowest BCUT2D eigenvalue weighted by Crippen LogP contribution is -2.02. The maximum Gasteiger partial charge on any atom is 0.224 e. The van der Waals surface area contributed by atoms with Gasteiger partial charge in [-0.1, -0.05) is 12.1 Å². The minimum atomic E-state index is 0.268. The van der Waals surface area contributed by atoms with E-state index in [-0.39, 0.29) is 5.28 Å². The zero-order valence-electron chi connectivity index (χ0n) is 11.3. The SMILES string of the molecule is Cc1cc(CNc2nc(Cl)nc3ccccc23)sc1C. The second kappa shape index (κ2) is 5.38. The summed E-state index contributed by atoms with van der Waals surface area (Å²) in [6.07, 6.45) is 0. The van der Waals surface area contributed by atoms with Gasteiger partial charge in [-0.3, -0.25) is 0 Å². The lowest BCUT2D eigenvalue weighted by molar-refractivity contribution is 1.12. The quantitative estimate of drug-likeness (QED) is 0.720. The number of hydrogen-bond acceptors (Lipinski definition) is 4. The van der Waals surface area contributed by atoms with Crippen molar-refractivity contribution in [1.82, 2.24) is 9.97 Å². The molecule has 1 N–H and O–H groups in total. The molecule has 3 rings (SSSR count). The summed E-state index contributed by atoms with van der Waals surface area (Å²) in [5, 5.41) is 4.62. The van der Waals surface area contributed by atoms with Crippen molar-refractivity contribution in [3.05, 3.63) is 50.9 Å². The van der Waals surface area contributed by atoms with E-state index in [0.717, 1.165) is 23.3 Å². The van der Waals surface area contributed by atoms with Crippen LogP contribution in [0.4, 0.5) is 5.82 Å². The van der Waals surface area contributed by atoms with Crippen LogP contribution < -0.4 is 5.32 Å². The number of aromatic nitrogens is 2. The van der Waals surface area contributed by atoms with Crippen LogP contribution in [0.5, 0.6) is 0 Å². The van der Waals surface area contributed by atoms with Crippen LogP contribution in [0.2, 0.25) is 5.28 Å². The molecule has 0 atom stereocenters. The fraction of sp³-hybridized carbons (Fsp3) is 0.200. The van der Waals surface area contributed by atoms with Gasteiger partial charge in [0.1, 0.15) is 5.82 Å². The first-order valence-electron chi connectivity index (χ1n) is 6.35. The fourth-order valence-corrected chi connectivity index (χ4v) is 3.26. The van der Waals surface area contributed by atoms with E-state index in [2.05, 4.69) is 35.2 Å². The highest BCUT2D eigenvalue weighted by Gasteiger charge is 2.07. The molecular weight excluding hydrogens is 290 g/mol. The van der Waals surface area contributed by atoms with Crippen LogP contribution in [0, 0.1) is 13.8 Å². The maximum atomic E-state index is 5.98. The van der Waals surface area contributed by atoms with Crippen molar-refractivity contribution in [1.29, 1.82) is 0 Å². The van der Waals surface area contributed by atoms with Gasteiger partial charge in [0, 0.05) is 15.1 Å². The standard InChI is InChI=1S/C15H14ClN3S/c1-9-7-11(20-10(9)2)8-17-14-12-5-3-4-6-13(12)18-15(16)19-14/h3-7H,8H2,1-2H3,(H,17,18,19). The lowest BCUT2D eigenvalue weighted by Gasteiger charge is -2.07. The Morgan fingerprint density at radius 2 is 2.00 bits per heavy atom. The molecule has 20 heavy (non-hydrogen) atoms. The molecule has 2 aromatic heterocycles. The number of thiophene rings is 1. The largest absolute Gasteiger partial charge is 0.365 e. The number of aryl methyl sites for hydroxylation is 2. The first-order chi connectivity index (χ1) is 9.63. The van der Waals surface area contributed by atoms with Crippen molar-refractivity contribution in [2.45, 2.75) is 20.4 Å². The summed E-state index contributed by atoms with van der Waals surface area (Å²) < 4.78 is 0. The summed E-state index contributed by atoms with van der Waals surface area (Å²) in [6.45, 7) is 5.02. The zero-order valence-corrected chi connectivity index (χ0v) is 12.8. The van der Waals surface area contributed by atoms with E-state index in [0.29, 0.717) is 0 Å². The number of rotatable bonds is 3. The average Bonchev–Trinajstić information content (AvgIpc) is 2.75. The van der Waals surface area contributed by atoms with Gasteiger partial charge in [-0.05, 0) is 49.2 Å². The Labute approximate surface area is 126 Å². The van der Waals surface area contributed by atoms with Crippen molar-refractivity contribution in [2.75, 3.05) is 5.32 Å². The predicted octanol–water partition coefficient (Wildman–Crippen LogP) is 4.57. The first kappa shape index (κ1) is 13.3. The topological polar surface area (TPSA) is 37.8 Å². The molecule has 0 fully saturated rings. The van der Waals surface area contributed by atoms with E-state index >= 15 is 0 Å². The second-order valence-corrected chi connectivity index (χ2v) is 6.34. The van der Waals surface area contributed by atoms with Gasteiger partial charge in [0.15, 0.2) is 0 Å². The summed E-state index contributed by atoms with van der Waals surface area (Å²) >= 11 is 7.78. The minimum absolute atomic E-state index is 0.268. The van der Waals surface area contributed by atoms with E-state index in [9.17, 15) is 0 Å². The maximum absolute atomic E-state index is 5.98. The van der Waals surface area contributed by atoms with Gasteiger partial charge in [-0.2, -0.15) is 0 Å². The number of para-hydroxylation sites is 1. The summed E-state index contributed by atoms with van der Waals surface area (Å²) in [4.78, 5) is 11.2. The summed E-state index contributed by atoms with van der Waals surface area (Å²) in [7, 11) is 0. The Balaban J connectivity index is 1.90. The molecule has 5 heteroatoms. The molecule has 0 amide bonds. The molecule has 1 aromatic carbocycles. The molecule has 2 heterocycles. The average molecular weight is 304 g/mol. The van der Waals surface area contributed by atoms with Gasteiger partial charge >= 0.3 is 0 Å². The fourth-order valence-electron chi connectivity index (χ4n) is 2.09. The van der Waals surface area contributed by atoms with Crippen LogP contribution in [0.25, 0.3) is 10.9 Å². The highest BCUT2D eigenvalue weighted by Crippen LogP contribution is 2.25. The molecule has 0 spiro atoms. The molecule has 0 aliphatic carbocycles. The highest BCUT2D eigenvalue weighted by molar-refractivity contribution is 7.12. The number of nitrogens with zero attached hydrogens (tertiary/aromatic N) is 2. The smallest absolute Gasteiger partial charge is 0.224 e. The number of halogens is 1. The van der Waals surface area contributed by atoms with Crippen molar-refractivity contribution < 1.29 is 0 Å². The number of anilines is 1. The van der Waals surface area contributed by atoms with Gasteiger partial charge in [-0.25, -0.2) is 9.97 Å². The molecule has 0 aliphatic heterocycles. The Kier molecular flexibility index (Phi) is 3.59. The minimum Gasteiger partial charge on any atom is -0.365 e. The van der Waals surface area contributed by atoms with Crippen molar-refractivity contribution >= 4 is 39.7 Å². The van der Waals surface area contributed by atoms with E-state index in [4.69, 9.17) is 11.6 Å². The second-order valence-electron chi connectivity index (χ2n) is 4.66. The van der Waals surface area contributed by atoms with Crippen LogP contribution in [0.1, 0.15) is 15.3 Å². The van der Waals surface area contributed by atoms with Crippen molar-refractivity contribution in [2.24, 2.45) is 0 Å². The molecule has 0 radical (unpaired) electrons. The molecule has 102 valence electrons. The molecule has 3 aromatic rings. The predicted molar refractivity (Wildman–Crippen MR) is 85.7 cm³/mol. The number of hydrogen-bond donors (Lipinski definition) is 1. The first-order valence-corrected chi connectivity index (χ1v) is 7.55. The van der Waals surface area contributed by atoms with Gasteiger partial charge in [0.25, 0.3) is 0 Å². The molecule has 3 nitrogen and oxygen atoms in total. The Hall–Kier alpha value is -1.65. The summed E-state index contributed by atoms with van der Waals surface area (Å²) in [6, 6.07) is 10.1. The number of benzene rings is 1. The third-order valence-corrected chi connectivity index (χ3v) is 4.54. The van der Waals surface area contributed by atoms with Gasteiger partial charge in [-0.15, -0.1) is 11.3 Å². The molecular formula is C15H14ClN3S. The van der Waals surface area contributed by atoms with Gasteiger partial charge in [0.2, 0.25) is 5.28 Å². The molecule has 0 aliphatic rings. The molecule has 0 bridgehead atoms. The van der Waals surface area contributed by atoms with Crippen LogP contribution in [0.3, 0.4) is 0 Å². The summed E-state index contributed by atoms with van der Waals surface area (Å²) in [5.74, 6) is 0.782. The van der Waals surface area contributed by atoms with Gasteiger partial charge < -0.3 is 5.32 Å². The Bertz CT molecular complexity index is 747. The third-order valence-electron chi connectivity index (χ3n) is 3.22. The van der Waals surface area contributed by atoms with Crippen LogP contribution in [0.15, 0.2) is 30.3 Å². The number of nitrogens with one attached hydrogen (secondary N) is 1. The van der Waals surface area contributed by atoms with Gasteiger partial charge in [0.05, 0.1) is 12.1 Å². The van der Waals surface area contributed by atoms with Crippen molar-refractivity contribution in [3.63, 3.8) is 0 Å². The van der Waals surface area contributed by atoms with E-state index < -0.39 is 0 Å². The van der Waals surface area contributed by atoms with E-state index in [1.54, 1.807) is 11.3 Å². The monoisotopic (exact) mass is 303 g/mol. The zero-order chi connectivity index (χ0) is 14.1. The lowest BCUT2D eigenvalue weighted by atomic mass is 10.2. The highest BCUT2D eigenvalue weighted by atomic mass is 35.5.